The van der Waals surface area contributed by atoms with E-state index in [4.69, 9.17) is 4.74 Å². The molecule has 0 radical (unpaired) electrons. The van der Waals surface area contributed by atoms with Gasteiger partial charge in [0.25, 0.3) is 0 Å². The van der Waals surface area contributed by atoms with Crippen LogP contribution in [0.1, 0.15) is 138 Å². The predicted molar refractivity (Wildman–Crippen MR) is 160 cm³/mol. The topological polar surface area (TPSA) is 9.23 Å². The fraction of sp³-hybridized carbons (Fsp3) is 0.556. The van der Waals surface area contributed by atoms with Crippen molar-refractivity contribution in [3.63, 3.8) is 0 Å². The molecule has 200 valence electrons. The van der Waals surface area contributed by atoms with E-state index < -0.39 is 0 Å². The molecule has 1 heteroatoms. The molecule has 2 aliphatic carbocycles. The van der Waals surface area contributed by atoms with E-state index in [0.29, 0.717) is 23.7 Å². The minimum atomic E-state index is 0.668. The van der Waals surface area contributed by atoms with Crippen LogP contribution in [0.15, 0.2) is 71.8 Å². The van der Waals surface area contributed by atoms with Crippen molar-refractivity contribution in [2.24, 2.45) is 0 Å². The van der Waals surface area contributed by atoms with Crippen LogP contribution >= 0.6 is 0 Å². The van der Waals surface area contributed by atoms with Crippen LogP contribution in [0.25, 0.3) is 0 Å². The molecule has 2 aromatic rings. The predicted octanol–water partition coefficient (Wildman–Crippen LogP) is 10.6. The quantitative estimate of drug-likeness (QED) is 0.264. The second kappa shape index (κ2) is 14.1. The summed E-state index contributed by atoms with van der Waals surface area (Å²) in [5, 5.41) is 0. The van der Waals surface area contributed by atoms with Gasteiger partial charge in [-0.05, 0) is 108 Å². The van der Waals surface area contributed by atoms with E-state index in [1.807, 2.05) is 0 Å². The summed E-state index contributed by atoms with van der Waals surface area (Å²) >= 11 is 0. The molecular weight excluding hydrogens is 448 g/mol. The summed E-state index contributed by atoms with van der Waals surface area (Å²) < 4.78 is 6.19. The molecule has 0 N–H and O–H groups in total. The summed E-state index contributed by atoms with van der Waals surface area (Å²) in [6, 6.07) is 19.0. The van der Waals surface area contributed by atoms with Crippen molar-refractivity contribution in [3.05, 3.63) is 94.1 Å². The first-order chi connectivity index (χ1) is 18.1. The normalized spacial score (nSPS) is 21.7. The molecule has 0 aliphatic heterocycles. The largest absolute Gasteiger partial charge is 0.373 e. The van der Waals surface area contributed by atoms with Crippen LogP contribution in [0.5, 0.6) is 0 Å². The highest BCUT2D eigenvalue weighted by atomic mass is 16.5. The van der Waals surface area contributed by atoms with Crippen molar-refractivity contribution in [2.75, 3.05) is 13.2 Å². The van der Waals surface area contributed by atoms with Crippen LogP contribution in [0.2, 0.25) is 0 Å². The average Bonchev–Trinajstić information content (AvgIpc) is 2.94. The third kappa shape index (κ3) is 7.93. The maximum Gasteiger partial charge on any atom is 0.0681 e. The minimum absolute atomic E-state index is 0.668. The molecule has 0 saturated heterocycles. The fourth-order valence-corrected chi connectivity index (χ4v) is 6.35. The number of ether oxygens (including phenoxy) is 1. The minimum Gasteiger partial charge on any atom is -0.373 e. The Balaban J connectivity index is 1.18. The summed E-state index contributed by atoms with van der Waals surface area (Å²) in [5.74, 6) is 2.68. The standard InChI is InChI=1S/C36H50O/c1-5-7-27(3)31-17-21-35(22-18-31)33-13-9-29(10-14-33)25-37-26-30-11-15-34(16-12-30)36-23-19-32(20-24-36)28(4)8-6-2/h9,11,17-24,27-28,33-34H,5-8,10,12-16,25-26H2,1-4H3. The van der Waals surface area contributed by atoms with Crippen molar-refractivity contribution in [1.82, 2.24) is 0 Å². The fourth-order valence-electron chi connectivity index (χ4n) is 6.35. The Morgan fingerprint density at radius 3 is 1.38 bits per heavy atom. The molecule has 0 heterocycles. The van der Waals surface area contributed by atoms with Gasteiger partial charge in [0.1, 0.15) is 0 Å². The Bertz CT molecular complexity index is 926. The molecule has 0 amide bonds. The number of rotatable bonds is 12. The van der Waals surface area contributed by atoms with E-state index in [-0.39, 0.29) is 0 Å². The molecule has 37 heavy (non-hydrogen) atoms. The number of benzene rings is 2. The van der Waals surface area contributed by atoms with Gasteiger partial charge in [0.15, 0.2) is 0 Å². The third-order valence-corrected chi connectivity index (χ3v) is 8.98. The van der Waals surface area contributed by atoms with Crippen LogP contribution in [0, 0.1) is 0 Å². The van der Waals surface area contributed by atoms with Gasteiger partial charge in [0.05, 0.1) is 13.2 Å². The lowest BCUT2D eigenvalue weighted by Crippen LogP contribution is -2.11. The highest BCUT2D eigenvalue weighted by Crippen LogP contribution is 2.35. The van der Waals surface area contributed by atoms with E-state index in [0.717, 1.165) is 26.1 Å². The second-order valence-electron chi connectivity index (χ2n) is 11.9. The maximum absolute atomic E-state index is 6.19. The highest BCUT2D eigenvalue weighted by molar-refractivity contribution is 5.30. The molecule has 4 atom stereocenters. The molecule has 2 aliphatic rings. The van der Waals surface area contributed by atoms with Crippen molar-refractivity contribution >= 4 is 0 Å². The van der Waals surface area contributed by atoms with Gasteiger partial charge in [-0.2, -0.15) is 0 Å². The Morgan fingerprint density at radius 1 is 0.649 bits per heavy atom. The SMILES string of the molecule is CCCC(C)c1ccc(C2CC=C(COCC3=CCC(c4ccc(C(C)CCC)cc4)CC3)CC2)cc1. The maximum atomic E-state index is 6.19. The zero-order valence-corrected chi connectivity index (χ0v) is 24.0. The van der Waals surface area contributed by atoms with E-state index in [9.17, 15) is 0 Å². The van der Waals surface area contributed by atoms with Gasteiger partial charge < -0.3 is 4.74 Å². The average molecular weight is 499 g/mol. The molecular formula is C36H50O. The molecule has 4 rings (SSSR count). The third-order valence-electron chi connectivity index (χ3n) is 8.98. The molecule has 0 bridgehead atoms. The Kier molecular flexibility index (Phi) is 10.7. The zero-order chi connectivity index (χ0) is 26.0. The van der Waals surface area contributed by atoms with E-state index in [2.05, 4.69) is 88.4 Å². The van der Waals surface area contributed by atoms with Crippen molar-refractivity contribution in [2.45, 2.75) is 116 Å². The zero-order valence-electron chi connectivity index (χ0n) is 24.0. The van der Waals surface area contributed by atoms with Gasteiger partial charge in [-0.3, -0.25) is 0 Å². The number of allylic oxidation sites excluding steroid dienone is 2. The summed E-state index contributed by atoms with van der Waals surface area (Å²) in [6.07, 6.45) is 17.1. The summed E-state index contributed by atoms with van der Waals surface area (Å²) in [6.45, 7) is 10.9. The lowest BCUT2D eigenvalue weighted by Gasteiger charge is -2.24. The van der Waals surface area contributed by atoms with Gasteiger partial charge in [-0.1, -0.05) is 101 Å². The summed E-state index contributed by atoms with van der Waals surface area (Å²) in [4.78, 5) is 0. The van der Waals surface area contributed by atoms with E-state index in [1.54, 1.807) is 0 Å². The number of hydrogen-bond acceptors (Lipinski definition) is 1. The van der Waals surface area contributed by atoms with Crippen LogP contribution < -0.4 is 0 Å². The van der Waals surface area contributed by atoms with Crippen LogP contribution in [-0.2, 0) is 4.74 Å². The molecule has 4 unspecified atom stereocenters. The molecule has 0 spiro atoms. The van der Waals surface area contributed by atoms with Crippen molar-refractivity contribution < 1.29 is 4.74 Å². The van der Waals surface area contributed by atoms with Gasteiger partial charge in [-0.25, -0.2) is 0 Å². The van der Waals surface area contributed by atoms with Crippen LogP contribution in [0.4, 0.5) is 0 Å². The lowest BCUT2D eigenvalue weighted by molar-refractivity contribution is 0.172. The van der Waals surface area contributed by atoms with Crippen molar-refractivity contribution in [3.8, 4) is 0 Å². The van der Waals surface area contributed by atoms with E-state index >= 15 is 0 Å². The first-order valence-corrected chi connectivity index (χ1v) is 15.2. The Morgan fingerprint density at radius 2 is 1.05 bits per heavy atom. The first kappa shape index (κ1) is 27.9. The number of hydrogen-bond donors (Lipinski definition) is 0. The highest BCUT2D eigenvalue weighted by Gasteiger charge is 2.19. The molecule has 0 aromatic heterocycles. The first-order valence-electron chi connectivity index (χ1n) is 15.2. The van der Waals surface area contributed by atoms with Gasteiger partial charge in [-0.15, -0.1) is 0 Å². The molecule has 0 fully saturated rings. The second-order valence-corrected chi connectivity index (χ2v) is 11.9. The van der Waals surface area contributed by atoms with Crippen LogP contribution in [0.3, 0.4) is 0 Å². The Hall–Kier alpha value is -2.12. The Labute approximate surface area is 227 Å². The van der Waals surface area contributed by atoms with Gasteiger partial charge >= 0.3 is 0 Å². The molecule has 2 aromatic carbocycles. The summed E-state index contributed by atoms with van der Waals surface area (Å²) in [5.41, 5.74) is 8.99. The molecule has 0 saturated carbocycles. The smallest absolute Gasteiger partial charge is 0.0681 e. The summed E-state index contributed by atoms with van der Waals surface area (Å²) in [7, 11) is 0. The van der Waals surface area contributed by atoms with Crippen molar-refractivity contribution in [1.29, 1.82) is 0 Å². The van der Waals surface area contributed by atoms with Crippen LogP contribution in [-0.4, -0.2) is 13.2 Å². The lowest BCUT2D eigenvalue weighted by atomic mass is 9.83. The monoisotopic (exact) mass is 498 g/mol. The van der Waals surface area contributed by atoms with Gasteiger partial charge in [0.2, 0.25) is 0 Å². The van der Waals surface area contributed by atoms with Gasteiger partial charge in [0, 0.05) is 0 Å². The van der Waals surface area contributed by atoms with E-state index in [1.165, 1.54) is 84.8 Å². The molecule has 1 nitrogen and oxygen atoms in total.